The number of hydrogen-bond acceptors (Lipinski definition) is 4. The highest BCUT2D eigenvalue weighted by molar-refractivity contribution is 7.92. The fourth-order valence-electron chi connectivity index (χ4n) is 4.71. The van der Waals surface area contributed by atoms with Gasteiger partial charge in [-0.15, -0.1) is 0 Å². The van der Waals surface area contributed by atoms with Crippen LogP contribution >= 0.6 is 0 Å². The molecule has 2 fully saturated rings. The summed E-state index contributed by atoms with van der Waals surface area (Å²) in [5.74, 6) is 1.63. The Hall–Kier alpha value is -2.54. The molecular weight excluding hydrogens is 400 g/mol. The summed E-state index contributed by atoms with van der Waals surface area (Å²) in [6.45, 7) is 2.16. The van der Waals surface area contributed by atoms with Crippen LogP contribution in [-0.2, 0) is 14.8 Å². The second-order valence-corrected chi connectivity index (χ2v) is 9.96. The van der Waals surface area contributed by atoms with Gasteiger partial charge in [0.1, 0.15) is 12.3 Å². The first kappa shape index (κ1) is 20.7. The molecule has 2 aliphatic rings. The Balaban J connectivity index is 1.57. The molecule has 0 spiro atoms. The predicted molar refractivity (Wildman–Crippen MR) is 116 cm³/mol. The molecule has 2 aliphatic carbocycles. The molecule has 3 atom stereocenters. The highest BCUT2D eigenvalue weighted by Crippen LogP contribution is 2.44. The maximum atomic E-state index is 13.4. The van der Waals surface area contributed by atoms with Crippen LogP contribution in [0.1, 0.15) is 32.6 Å². The molecule has 1 amide bonds. The number of ether oxygens (including phenoxy) is 1. The Bertz CT molecular complexity index is 976. The third-order valence-corrected chi connectivity index (χ3v) is 7.93. The van der Waals surface area contributed by atoms with Crippen molar-refractivity contribution in [1.29, 1.82) is 0 Å². The zero-order chi connectivity index (χ0) is 21.1. The van der Waals surface area contributed by atoms with E-state index in [0.717, 1.165) is 12.8 Å². The molecule has 7 heteroatoms. The van der Waals surface area contributed by atoms with Gasteiger partial charge in [0.2, 0.25) is 5.91 Å². The van der Waals surface area contributed by atoms with E-state index in [1.165, 1.54) is 17.1 Å². The van der Waals surface area contributed by atoms with Crippen molar-refractivity contribution >= 4 is 21.6 Å². The third kappa shape index (κ3) is 4.31. The number of anilines is 1. The average molecular weight is 429 g/mol. The summed E-state index contributed by atoms with van der Waals surface area (Å²) in [4.78, 5) is 13.0. The SMILES string of the molecule is CCOc1ccc(N(CC(=O)N[C@H]2C[C@@H]3CC[C@@H]2C3)S(=O)(=O)c2ccccc2)cc1. The van der Waals surface area contributed by atoms with Crippen molar-refractivity contribution in [3.63, 3.8) is 0 Å². The molecule has 2 bridgehead atoms. The normalized spacial score (nSPS) is 22.6. The van der Waals surface area contributed by atoms with Crippen LogP contribution in [0.15, 0.2) is 59.5 Å². The van der Waals surface area contributed by atoms with E-state index in [0.29, 0.717) is 29.9 Å². The van der Waals surface area contributed by atoms with Crippen molar-refractivity contribution < 1.29 is 17.9 Å². The van der Waals surface area contributed by atoms with Crippen LogP contribution in [0, 0.1) is 11.8 Å². The monoisotopic (exact) mass is 428 g/mol. The number of nitrogens with one attached hydrogen (secondary N) is 1. The molecule has 2 aromatic rings. The van der Waals surface area contributed by atoms with Gasteiger partial charge in [-0.3, -0.25) is 9.10 Å². The summed E-state index contributed by atoms with van der Waals surface area (Å²) in [7, 11) is -3.89. The van der Waals surface area contributed by atoms with E-state index in [1.54, 1.807) is 54.6 Å². The third-order valence-electron chi connectivity index (χ3n) is 6.14. The molecule has 0 saturated heterocycles. The molecule has 0 unspecified atom stereocenters. The number of amides is 1. The second-order valence-electron chi connectivity index (χ2n) is 8.10. The zero-order valence-electron chi connectivity index (χ0n) is 17.2. The van der Waals surface area contributed by atoms with Crippen molar-refractivity contribution in [1.82, 2.24) is 5.32 Å². The van der Waals surface area contributed by atoms with E-state index in [-0.39, 0.29) is 23.4 Å². The lowest BCUT2D eigenvalue weighted by Gasteiger charge is -2.27. The Morgan fingerprint density at radius 2 is 1.80 bits per heavy atom. The quantitative estimate of drug-likeness (QED) is 0.697. The van der Waals surface area contributed by atoms with E-state index >= 15 is 0 Å². The summed E-state index contributed by atoms with van der Waals surface area (Å²) in [5, 5.41) is 3.10. The minimum absolute atomic E-state index is 0.159. The Morgan fingerprint density at radius 3 is 2.40 bits per heavy atom. The molecule has 160 valence electrons. The highest BCUT2D eigenvalue weighted by atomic mass is 32.2. The fourth-order valence-corrected chi connectivity index (χ4v) is 6.16. The molecule has 0 heterocycles. The highest BCUT2D eigenvalue weighted by Gasteiger charge is 2.40. The van der Waals surface area contributed by atoms with Gasteiger partial charge in [-0.25, -0.2) is 8.42 Å². The standard InChI is InChI=1S/C23H28N2O4S/c1-2-29-20-12-10-19(11-13-20)25(30(27,28)21-6-4-3-5-7-21)16-23(26)24-22-15-17-8-9-18(22)14-17/h3-7,10-13,17-18,22H,2,8-9,14-16H2,1H3,(H,24,26)/t17-,18-,22+/m1/s1. The summed E-state index contributed by atoms with van der Waals surface area (Å²) in [6.07, 6.45) is 4.58. The van der Waals surface area contributed by atoms with Crippen molar-refractivity contribution in [3.05, 3.63) is 54.6 Å². The van der Waals surface area contributed by atoms with Gasteiger partial charge >= 0.3 is 0 Å². The van der Waals surface area contributed by atoms with Crippen molar-refractivity contribution in [3.8, 4) is 5.75 Å². The molecule has 2 saturated carbocycles. The van der Waals surface area contributed by atoms with Crippen LogP contribution in [0.3, 0.4) is 0 Å². The van der Waals surface area contributed by atoms with E-state index < -0.39 is 10.0 Å². The first-order chi connectivity index (χ1) is 14.5. The number of rotatable bonds is 8. The van der Waals surface area contributed by atoms with Crippen molar-refractivity contribution in [2.45, 2.75) is 43.5 Å². The molecule has 4 rings (SSSR count). The van der Waals surface area contributed by atoms with Gasteiger partial charge in [0.15, 0.2) is 0 Å². The fraction of sp³-hybridized carbons (Fsp3) is 0.435. The molecule has 0 aromatic heterocycles. The van der Waals surface area contributed by atoms with Crippen LogP contribution in [-0.4, -0.2) is 33.5 Å². The molecule has 6 nitrogen and oxygen atoms in total. The Labute approximate surface area is 178 Å². The summed E-state index contributed by atoms with van der Waals surface area (Å²) >= 11 is 0. The smallest absolute Gasteiger partial charge is 0.264 e. The van der Waals surface area contributed by atoms with Crippen molar-refractivity contribution in [2.75, 3.05) is 17.5 Å². The van der Waals surface area contributed by atoms with E-state index in [2.05, 4.69) is 5.32 Å². The number of hydrogen-bond donors (Lipinski definition) is 1. The zero-order valence-corrected chi connectivity index (χ0v) is 18.0. The summed E-state index contributed by atoms with van der Waals surface area (Å²) in [5.41, 5.74) is 0.436. The van der Waals surface area contributed by atoms with Gasteiger partial charge in [0, 0.05) is 6.04 Å². The van der Waals surface area contributed by atoms with Gasteiger partial charge in [0.05, 0.1) is 17.2 Å². The molecule has 0 aliphatic heterocycles. The number of benzene rings is 2. The maximum absolute atomic E-state index is 13.4. The lowest BCUT2D eigenvalue weighted by atomic mass is 9.95. The molecule has 30 heavy (non-hydrogen) atoms. The minimum atomic E-state index is -3.89. The summed E-state index contributed by atoms with van der Waals surface area (Å²) < 4.78 is 33.4. The Morgan fingerprint density at radius 1 is 1.07 bits per heavy atom. The average Bonchev–Trinajstić information content (AvgIpc) is 3.37. The topological polar surface area (TPSA) is 75.7 Å². The number of carbonyl (C=O) groups is 1. The van der Waals surface area contributed by atoms with E-state index in [4.69, 9.17) is 4.74 Å². The molecule has 1 N–H and O–H groups in total. The van der Waals surface area contributed by atoms with E-state index in [9.17, 15) is 13.2 Å². The minimum Gasteiger partial charge on any atom is -0.494 e. The molecular formula is C23H28N2O4S. The van der Waals surface area contributed by atoms with Crippen LogP contribution < -0.4 is 14.4 Å². The van der Waals surface area contributed by atoms with Gasteiger partial charge in [-0.05, 0) is 74.4 Å². The number of sulfonamides is 1. The van der Waals surface area contributed by atoms with Gasteiger partial charge in [-0.1, -0.05) is 24.6 Å². The van der Waals surface area contributed by atoms with Crippen LogP contribution in [0.2, 0.25) is 0 Å². The largest absolute Gasteiger partial charge is 0.494 e. The first-order valence-electron chi connectivity index (χ1n) is 10.6. The van der Waals surface area contributed by atoms with Crippen LogP contribution in [0.5, 0.6) is 5.75 Å². The maximum Gasteiger partial charge on any atom is 0.264 e. The second kappa shape index (κ2) is 8.68. The molecule has 2 aromatic carbocycles. The molecule has 0 radical (unpaired) electrons. The summed E-state index contributed by atoms with van der Waals surface area (Å²) in [6, 6.07) is 15.2. The number of nitrogens with zero attached hydrogens (tertiary/aromatic N) is 1. The van der Waals surface area contributed by atoms with Gasteiger partial charge < -0.3 is 10.1 Å². The Kier molecular flexibility index (Phi) is 5.99. The number of fused-ring (bicyclic) bond motifs is 2. The van der Waals surface area contributed by atoms with Crippen molar-refractivity contribution in [2.24, 2.45) is 11.8 Å². The first-order valence-corrected chi connectivity index (χ1v) is 12.0. The van der Waals surface area contributed by atoms with E-state index in [1.807, 2.05) is 6.92 Å². The van der Waals surface area contributed by atoms with Crippen LogP contribution in [0.4, 0.5) is 5.69 Å². The predicted octanol–water partition coefficient (Wildman–Crippen LogP) is 3.59. The lowest BCUT2D eigenvalue weighted by molar-refractivity contribution is -0.120. The van der Waals surface area contributed by atoms with Crippen LogP contribution in [0.25, 0.3) is 0 Å². The van der Waals surface area contributed by atoms with Gasteiger partial charge in [0.25, 0.3) is 10.0 Å². The lowest BCUT2D eigenvalue weighted by Crippen LogP contribution is -2.45. The number of carbonyl (C=O) groups excluding carboxylic acids is 1. The van der Waals surface area contributed by atoms with Gasteiger partial charge in [-0.2, -0.15) is 0 Å².